The summed E-state index contributed by atoms with van der Waals surface area (Å²) in [6.07, 6.45) is 0.911. The number of nitrogens with zero attached hydrogens (tertiary/aromatic N) is 1. The lowest BCUT2D eigenvalue weighted by atomic mass is 9.89. The largest absolute Gasteiger partial charge is 0.495 e. The lowest BCUT2D eigenvalue weighted by Gasteiger charge is -2.26. The van der Waals surface area contributed by atoms with Crippen molar-refractivity contribution in [2.45, 2.75) is 52.2 Å². The molecular formula is C21H33N3O5. The number of hydrogen-bond acceptors (Lipinski definition) is 6. The second-order valence-electron chi connectivity index (χ2n) is 8.71. The van der Waals surface area contributed by atoms with Crippen LogP contribution in [0, 0.1) is 11.8 Å². The average Bonchev–Trinajstić information content (AvgIpc) is 3.05. The molecule has 0 spiro atoms. The van der Waals surface area contributed by atoms with Crippen LogP contribution >= 0.6 is 0 Å². The van der Waals surface area contributed by atoms with Gasteiger partial charge in [0.05, 0.1) is 12.8 Å². The van der Waals surface area contributed by atoms with E-state index in [0.29, 0.717) is 18.0 Å². The van der Waals surface area contributed by atoms with Crippen LogP contribution in [0.25, 0.3) is 0 Å². The summed E-state index contributed by atoms with van der Waals surface area (Å²) in [5.41, 5.74) is 6.79. The normalized spacial score (nSPS) is 18.8. The van der Waals surface area contributed by atoms with Gasteiger partial charge in [-0.25, -0.2) is 9.59 Å². The molecule has 8 nitrogen and oxygen atoms in total. The summed E-state index contributed by atoms with van der Waals surface area (Å²) in [5, 5.41) is 12.1. The van der Waals surface area contributed by atoms with Crippen molar-refractivity contribution in [1.29, 1.82) is 0 Å². The fourth-order valence-electron chi connectivity index (χ4n) is 3.74. The number of carbonyl (C=O) groups is 2. The highest BCUT2D eigenvalue weighted by atomic mass is 16.6. The number of hydrogen-bond donors (Lipinski definition) is 3. The first-order chi connectivity index (χ1) is 13.5. The summed E-state index contributed by atoms with van der Waals surface area (Å²) in [5.74, 6) is -0.250. The van der Waals surface area contributed by atoms with E-state index in [-0.39, 0.29) is 5.92 Å². The molecule has 0 bridgehead atoms. The van der Waals surface area contributed by atoms with E-state index in [1.54, 1.807) is 33.9 Å². The Balaban J connectivity index is 1.98. The Morgan fingerprint density at radius 1 is 1.38 bits per heavy atom. The summed E-state index contributed by atoms with van der Waals surface area (Å²) < 4.78 is 10.7. The van der Waals surface area contributed by atoms with Gasteiger partial charge >= 0.3 is 12.1 Å². The van der Waals surface area contributed by atoms with Gasteiger partial charge in [-0.2, -0.15) is 0 Å². The third-order valence-corrected chi connectivity index (χ3v) is 5.04. The zero-order valence-electron chi connectivity index (χ0n) is 17.9. The minimum Gasteiger partial charge on any atom is -0.495 e. The van der Waals surface area contributed by atoms with Crippen molar-refractivity contribution in [2.24, 2.45) is 11.8 Å². The first-order valence-corrected chi connectivity index (χ1v) is 9.91. The fraction of sp³-hybridized carbons (Fsp3) is 0.619. The second kappa shape index (κ2) is 9.24. The second-order valence-corrected chi connectivity index (χ2v) is 8.71. The quantitative estimate of drug-likeness (QED) is 0.595. The molecule has 3 atom stereocenters. The molecule has 2 rings (SSSR count). The van der Waals surface area contributed by atoms with Crippen LogP contribution in [0.5, 0.6) is 5.75 Å². The standard InChI is InChI=1S/C21H33N3O5/c1-13(18(19(25)26)23-20(27)29-21(2,3)4)10-14-8-9-24(12-14)16-7-6-15(22)11-17(16)28-5/h6-7,11,13-14,18H,8-10,12,22H2,1-5H3,(H,23,27)(H,25,26)/t13?,14-,18?/m0/s1. The number of nitrogens with one attached hydrogen (secondary N) is 1. The highest BCUT2D eigenvalue weighted by Gasteiger charge is 2.33. The van der Waals surface area contributed by atoms with E-state index in [1.807, 2.05) is 19.1 Å². The van der Waals surface area contributed by atoms with Gasteiger partial charge in [0.25, 0.3) is 0 Å². The molecule has 4 N–H and O–H groups in total. The third kappa shape index (κ3) is 6.44. The summed E-state index contributed by atoms with van der Waals surface area (Å²) in [6.45, 7) is 8.72. The number of carboxylic acid groups (broad SMARTS) is 1. The molecule has 1 aromatic rings. The minimum atomic E-state index is -1.06. The molecule has 1 aliphatic heterocycles. The molecule has 1 aliphatic rings. The van der Waals surface area contributed by atoms with Gasteiger partial charge in [0, 0.05) is 24.8 Å². The molecule has 1 saturated heterocycles. The minimum absolute atomic E-state index is 0.238. The van der Waals surface area contributed by atoms with Gasteiger partial charge in [-0.3, -0.25) is 0 Å². The Morgan fingerprint density at radius 2 is 2.07 bits per heavy atom. The zero-order chi connectivity index (χ0) is 21.8. The van der Waals surface area contributed by atoms with Crippen LogP contribution in [0.4, 0.5) is 16.2 Å². The number of alkyl carbamates (subject to hydrolysis) is 1. The van der Waals surface area contributed by atoms with Gasteiger partial charge in [-0.1, -0.05) is 6.92 Å². The Labute approximate surface area is 172 Å². The third-order valence-electron chi connectivity index (χ3n) is 5.04. The predicted octanol–water partition coefficient (Wildman–Crippen LogP) is 3.11. The number of nitrogens with two attached hydrogens (primary N) is 1. The molecule has 1 amide bonds. The number of nitrogen functional groups attached to an aromatic ring is 1. The molecule has 1 aromatic carbocycles. The van der Waals surface area contributed by atoms with E-state index in [9.17, 15) is 14.7 Å². The lowest BCUT2D eigenvalue weighted by molar-refractivity contribution is -0.141. The highest BCUT2D eigenvalue weighted by molar-refractivity contribution is 5.80. The summed E-state index contributed by atoms with van der Waals surface area (Å²) in [7, 11) is 1.62. The monoisotopic (exact) mass is 407 g/mol. The first kappa shape index (κ1) is 22.6. The summed E-state index contributed by atoms with van der Waals surface area (Å²) >= 11 is 0. The number of anilines is 2. The maximum atomic E-state index is 12.0. The van der Waals surface area contributed by atoms with Gasteiger partial charge in [0.15, 0.2) is 0 Å². The Hall–Kier alpha value is -2.64. The Morgan fingerprint density at radius 3 is 2.66 bits per heavy atom. The lowest BCUT2D eigenvalue weighted by Crippen LogP contribution is -2.47. The number of carbonyl (C=O) groups excluding carboxylic acids is 1. The number of carboxylic acids is 1. The van der Waals surface area contributed by atoms with Crippen molar-refractivity contribution in [3.8, 4) is 5.75 Å². The number of amides is 1. The smallest absolute Gasteiger partial charge is 0.408 e. The molecule has 0 radical (unpaired) electrons. The Kier molecular flexibility index (Phi) is 7.21. The number of rotatable bonds is 7. The van der Waals surface area contributed by atoms with E-state index in [0.717, 1.165) is 30.9 Å². The maximum Gasteiger partial charge on any atom is 0.408 e. The van der Waals surface area contributed by atoms with Gasteiger partial charge in [0.2, 0.25) is 0 Å². The van der Waals surface area contributed by atoms with Gasteiger partial charge < -0.3 is 30.5 Å². The van der Waals surface area contributed by atoms with E-state index in [1.165, 1.54) is 0 Å². The number of aliphatic carboxylic acids is 1. The summed E-state index contributed by atoms with van der Waals surface area (Å²) in [4.78, 5) is 26.0. The van der Waals surface area contributed by atoms with Crippen molar-refractivity contribution < 1.29 is 24.2 Å². The van der Waals surface area contributed by atoms with Crippen molar-refractivity contribution in [2.75, 3.05) is 30.8 Å². The number of benzene rings is 1. The molecule has 8 heteroatoms. The number of ether oxygens (including phenoxy) is 2. The van der Waals surface area contributed by atoms with Gasteiger partial charge in [-0.15, -0.1) is 0 Å². The first-order valence-electron chi connectivity index (χ1n) is 9.91. The predicted molar refractivity (Wildman–Crippen MR) is 112 cm³/mol. The Bertz CT molecular complexity index is 732. The van der Waals surface area contributed by atoms with Gasteiger partial charge in [0.1, 0.15) is 17.4 Å². The summed E-state index contributed by atoms with van der Waals surface area (Å²) in [6, 6.07) is 4.60. The highest BCUT2D eigenvalue weighted by Crippen LogP contribution is 2.35. The molecule has 1 heterocycles. The fourth-order valence-corrected chi connectivity index (χ4v) is 3.74. The van der Waals surface area contributed by atoms with Crippen molar-refractivity contribution in [1.82, 2.24) is 5.32 Å². The molecule has 29 heavy (non-hydrogen) atoms. The van der Waals surface area contributed by atoms with Crippen LogP contribution in [0.15, 0.2) is 18.2 Å². The topological polar surface area (TPSA) is 114 Å². The maximum absolute atomic E-state index is 12.0. The molecular weight excluding hydrogens is 374 g/mol. The van der Waals surface area contributed by atoms with Crippen LogP contribution in [-0.2, 0) is 9.53 Å². The van der Waals surface area contributed by atoms with Crippen molar-refractivity contribution in [3.05, 3.63) is 18.2 Å². The molecule has 0 aromatic heterocycles. The van der Waals surface area contributed by atoms with E-state index >= 15 is 0 Å². The van der Waals surface area contributed by atoms with Gasteiger partial charge in [-0.05, 0) is 57.6 Å². The molecule has 2 unspecified atom stereocenters. The molecule has 0 aliphatic carbocycles. The van der Waals surface area contributed by atoms with Crippen LogP contribution < -0.4 is 20.7 Å². The SMILES string of the molecule is COc1cc(N)ccc1N1CC[C@@H](CC(C)C(NC(=O)OC(C)(C)C)C(=O)O)C1. The van der Waals surface area contributed by atoms with Crippen molar-refractivity contribution >= 4 is 23.4 Å². The molecule has 162 valence electrons. The molecule has 1 fully saturated rings. The number of methoxy groups -OCH3 is 1. The van der Waals surface area contributed by atoms with Crippen molar-refractivity contribution in [3.63, 3.8) is 0 Å². The van der Waals surface area contributed by atoms with E-state index in [4.69, 9.17) is 15.2 Å². The van der Waals surface area contributed by atoms with Crippen LogP contribution in [-0.4, -0.2) is 49.0 Å². The molecule has 0 saturated carbocycles. The van der Waals surface area contributed by atoms with Crippen LogP contribution in [0.3, 0.4) is 0 Å². The van der Waals surface area contributed by atoms with E-state index < -0.39 is 23.7 Å². The van der Waals surface area contributed by atoms with E-state index in [2.05, 4.69) is 10.2 Å². The van der Waals surface area contributed by atoms with Crippen LogP contribution in [0.2, 0.25) is 0 Å². The zero-order valence-corrected chi connectivity index (χ0v) is 17.9. The average molecular weight is 408 g/mol. The van der Waals surface area contributed by atoms with Crippen LogP contribution in [0.1, 0.15) is 40.5 Å².